The van der Waals surface area contributed by atoms with Crippen LogP contribution in [0.4, 0.5) is 17.1 Å². The van der Waals surface area contributed by atoms with Crippen LogP contribution in [0.15, 0.2) is 97.1 Å². The number of fused-ring (bicyclic) bond motifs is 1. The highest BCUT2D eigenvalue weighted by Crippen LogP contribution is 2.39. The highest BCUT2D eigenvalue weighted by molar-refractivity contribution is 6.36. The number of rotatable bonds is 12. The molecule has 5 rings (SSSR count). The quantitative estimate of drug-likeness (QED) is 0.157. The van der Waals surface area contributed by atoms with Gasteiger partial charge in [-0.05, 0) is 72.4 Å². The van der Waals surface area contributed by atoms with Gasteiger partial charge in [-0.3, -0.25) is 14.4 Å². The number of anilines is 3. The lowest BCUT2D eigenvalue weighted by Gasteiger charge is -2.30. The number of carbonyl (C=O) groups excluding carboxylic acids is 3. The fourth-order valence-electron chi connectivity index (χ4n) is 6.55. The second-order valence-electron chi connectivity index (χ2n) is 12.8. The lowest BCUT2D eigenvalue weighted by molar-refractivity contribution is -0.136. The molecule has 0 aromatic heterocycles. The number of hydrogen-bond donors (Lipinski definition) is 2. The first-order chi connectivity index (χ1) is 23.1. The van der Waals surface area contributed by atoms with Gasteiger partial charge >= 0.3 is 0 Å². The minimum Gasteiger partial charge on any atom is -0.369 e. The zero-order valence-electron chi connectivity index (χ0n) is 27.5. The summed E-state index contributed by atoms with van der Waals surface area (Å²) in [4.78, 5) is 45.2. The fourth-order valence-corrected chi connectivity index (χ4v) is 7.06. The number of hydrogen-bond acceptors (Lipinski definition) is 4. The summed E-state index contributed by atoms with van der Waals surface area (Å²) in [7, 11) is 0. The van der Waals surface area contributed by atoms with Gasteiger partial charge in [-0.15, -0.1) is 0 Å². The van der Waals surface area contributed by atoms with Gasteiger partial charge in [0.2, 0.25) is 11.8 Å². The molecule has 0 aliphatic carbocycles. The summed E-state index contributed by atoms with van der Waals surface area (Å²) in [6.07, 6.45) is 1.69. The number of primary amides is 1. The van der Waals surface area contributed by atoms with Crippen molar-refractivity contribution in [1.82, 2.24) is 5.32 Å². The molecule has 250 valence electrons. The molecule has 4 aromatic carbocycles. The summed E-state index contributed by atoms with van der Waals surface area (Å²) in [5.41, 5.74) is 10.9. The van der Waals surface area contributed by atoms with Crippen molar-refractivity contribution >= 4 is 58.0 Å². The van der Waals surface area contributed by atoms with Gasteiger partial charge in [0.25, 0.3) is 5.91 Å². The smallest absolute Gasteiger partial charge is 0.251 e. The molecule has 0 bridgehead atoms. The van der Waals surface area contributed by atoms with Crippen LogP contribution in [-0.4, -0.2) is 30.3 Å². The zero-order valence-corrected chi connectivity index (χ0v) is 29.0. The summed E-state index contributed by atoms with van der Waals surface area (Å²) in [6, 6.07) is 29.9. The third kappa shape index (κ3) is 8.03. The van der Waals surface area contributed by atoms with E-state index in [9.17, 15) is 14.4 Å². The summed E-state index contributed by atoms with van der Waals surface area (Å²) < 4.78 is 0. The van der Waals surface area contributed by atoms with Gasteiger partial charge < -0.3 is 20.9 Å². The van der Waals surface area contributed by atoms with Crippen LogP contribution < -0.4 is 20.9 Å². The van der Waals surface area contributed by atoms with Crippen molar-refractivity contribution in [2.75, 3.05) is 16.3 Å². The third-order valence-electron chi connectivity index (χ3n) is 8.80. The van der Waals surface area contributed by atoms with E-state index in [0.29, 0.717) is 29.3 Å². The number of nitrogens with zero attached hydrogens (tertiary/aromatic N) is 2. The lowest BCUT2D eigenvalue weighted by atomic mass is 9.81. The van der Waals surface area contributed by atoms with Crippen LogP contribution in [-0.2, 0) is 20.9 Å². The van der Waals surface area contributed by atoms with Crippen LogP contribution in [0.2, 0.25) is 10.0 Å². The zero-order chi connectivity index (χ0) is 34.4. The first-order valence-electron chi connectivity index (χ1n) is 16.4. The molecule has 9 heteroatoms. The molecule has 7 nitrogen and oxygen atoms in total. The molecule has 0 fully saturated rings. The number of benzene rings is 4. The fraction of sp³-hybridized carbons (Fsp3) is 0.308. The number of nitrogens with two attached hydrogens (primary N) is 1. The monoisotopic (exact) mass is 684 g/mol. The Morgan fingerprint density at radius 3 is 2.27 bits per heavy atom. The van der Waals surface area contributed by atoms with E-state index in [1.807, 2.05) is 106 Å². The van der Waals surface area contributed by atoms with E-state index in [2.05, 4.69) is 10.2 Å². The molecule has 0 radical (unpaired) electrons. The molecule has 1 aliphatic heterocycles. The number of carbonyl (C=O) groups is 3. The molecule has 48 heavy (non-hydrogen) atoms. The van der Waals surface area contributed by atoms with Gasteiger partial charge in [-0.25, -0.2) is 0 Å². The maximum absolute atomic E-state index is 14.7. The number of halogens is 2. The van der Waals surface area contributed by atoms with Crippen molar-refractivity contribution in [1.29, 1.82) is 0 Å². The van der Waals surface area contributed by atoms with Crippen molar-refractivity contribution in [3.8, 4) is 11.1 Å². The molecule has 3 atom stereocenters. The van der Waals surface area contributed by atoms with Gasteiger partial charge in [-0.1, -0.05) is 105 Å². The summed E-state index contributed by atoms with van der Waals surface area (Å²) in [6.45, 7) is 6.45. The predicted octanol–water partition coefficient (Wildman–Crippen LogP) is 8.39. The van der Waals surface area contributed by atoms with E-state index in [-0.39, 0.29) is 30.8 Å². The van der Waals surface area contributed by atoms with Crippen molar-refractivity contribution in [2.45, 2.75) is 52.6 Å². The Balaban J connectivity index is 1.56. The van der Waals surface area contributed by atoms with Gasteiger partial charge in [-0.2, -0.15) is 0 Å². The van der Waals surface area contributed by atoms with Gasteiger partial charge in [0, 0.05) is 33.1 Å². The van der Waals surface area contributed by atoms with E-state index >= 15 is 0 Å². The second kappa shape index (κ2) is 15.7. The van der Waals surface area contributed by atoms with Crippen molar-refractivity contribution in [3.05, 3.63) is 113 Å². The Morgan fingerprint density at radius 2 is 1.60 bits per heavy atom. The Kier molecular flexibility index (Phi) is 11.5. The maximum atomic E-state index is 14.7. The van der Waals surface area contributed by atoms with Crippen LogP contribution in [0, 0.1) is 17.8 Å². The molecule has 0 spiro atoms. The van der Waals surface area contributed by atoms with Crippen LogP contribution in [0.5, 0.6) is 0 Å². The lowest BCUT2D eigenvalue weighted by Crippen LogP contribution is -2.54. The molecule has 0 saturated carbocycles. The Labute approximate surface area is 293 Å². The molecule has 1 heterocycles. The molecule has 4 aromatic rings. The first-order valence-corrected chi connectivity index (χ1v) is 17.2. The van der Waals surface area contributed by atoms with Gasteiger partial charge in [0.1, 0.15) is 6.04 Å². The summed E-state index contributed by atoms with van der Waals surface area (Å²) >= 11 is 12.7. The largest absolute Gasteiger partial charge is 0.369 e. The van der Waals surface area contributed by atoms with E-state index in [1.165, 1.54) is 0 Å². The van der Waals surface area contributed by atoms with Crippen LogP contribution >= 0.6 is 23.2 Å². The van der Waals surface area contributed by atoms with Crippen molar-refractivity contribution < 1.29 is 14.4 Å². The normalized spacial score (nSPS) is 15.9. The Morgan fingerprint density at radius 1 is 0.896 bits per heavy atom. The third-order valence-corrected chi connectivity index (χ3v) is 9.35. The number of amides is 3. The molecule has 1 unspecified atom stereocenters. The van der Waals surface area contributed by atoms with Crippen LogP contribution in [0.1, 0.15) is 45.6 Å². The minimum atomic E-state index is -0.913. The number of nitrogens with one attached hydrogen (secondary N) is 1. The average molecular weight is 686 g/mol. The van der Waals surface area contributed by atoms with Gasteiger partial charge in [0.05, 0.1) is 24.5 Å². The van der Waals surface area contributed by atoms with Crippen molar-refractivity contribution in [2.24, 2.45) is 23.5 Å². The van der Waals surface area contributed by atoms with E-state index in [4.69, 9.17) is 28.9 Å². The predicted molar refractivity (Wildman–Crippen MR) is 195 cm³/mol. The van der Waals surface area contributed by atoms with Crippen molar-refractivity contribution in [3.63, 3.8) is 0 Å². The van der Waals surface area contributed by atoms with Gasteiger partial charge in [0.15, 0.2) is 0 Å². The SMILES string of the molecule is CCC[C@H](C(N)=O)[C@@H](CC(C)C)C(=O)NC1CN(c2ccccc2)c2ccccc2N(Cc2cccc(-c3ccc(Cl)cc3Cl)c2)C1=O. The van der Waals surface area contributed by atoms with E-state index in [1.54, 1.807) is 17.0 Å². The molecule has 0 saturated heterocycles. The standard InChI is InChI=1S/C39H42Cl2N4O3/c1-4-11-31(37(42)46)32(20-25(2)3)38(47)43-34-24-44(29-14-6-5-7-15-29)35-16-8-9-17-36(35)45(39(34)48)23-26-12-10-13-27(21-26)30-19-18-28(40)22-33(30)41/h5-10,12-19,21-22,25,31-32,34H,4,11,20,23-24H2,1-3H3,(H2,42,46)(H,43,47)/t31-,32+,34?/m0/s1. The number of para-hydroxylation sites is 3. The molecule has 1 aliphatic rings. The summed E-state index contributed by atoms with van der Waals surface area (Å²) in [5.74, 6) is -2.21. The Bertz CT molecular complexity index is 1760. The van der Waals surface area contributed by atoms with Crippen LogP contribution in [0.3, 0.4) is 0 Å². The molecule has 3 N–H and O–H groups in total. The topological polar surface area (TPSA) is 95.7 Å². The van der Waals surface area contributed by atoms with Crippen LogP contribution in [0.25, 0.3) is 11.1 Å². The van der Waals surface area contributed by atoms with E-state index < -0.39 is 23.8 Å². The molecular formula is C39H42Cl2N4O3. The highest BCUT2D eigenvalue weighted by atomic mass is 35.5. The second-order valence-corrected chi connectivity index (χ2v) is 13.6. The highest BCUT2D eigenvalue weighted by Gasteiger charge is 2.39. The Hall–Kier alpha value is -4.33. The molecular weight excluding hydrogens is 643 g/mol. The minimum absolute atomic E-state index is 0.146. The first kappa shape index (κ1) is 35.0. The summed E-state index contributed by atoms with van der Waals surface area (Å²) in [5, 5.41) is 4.18. The average Bonchev–Trinajstić information content (AvgIpc) is 3.17. The molecule has 3 amide bonds. The maximum Gasteiger partial charge on any atom is 0.251 e. The van der Waals surface area contributed by atoms with E-state index in [0.717, 1.165) is 33.8 Å².